The topological polar surface area (TPSA) is 67.9 Å². The van der Waals surface area contributed by atoms with E-state index in [1.807, 2.05) is 33.9 Å². The lowest BCUT2D eigenvalue weighted by atomic mass is 9.84. The van der Waals surface area contributed by atoms with Crippen LogP contribution in [-0.4, -0.2) is 67.0 Å². The molecule has 0 amide bonds. The molecule has 2 atom stereocenters. The van der Waals surface area contributed by atoms with Gasteiger partial charge in [0.1, 0.15) is 11.4 Å². The molecule has 0 fully saturated rings. The Hall–Kier alpha value is -3.76. The van der Waals surface area contributed by atoms with Gasteiger partial charge in [-0.2, -0.15) is 0 Å². The minimum Gasteiger partial charge on any atom is -0.301 e. The highest BCUT2D eigenvalue weighted by Crippen LogP contribution is 2.40. The Morgan fingerprint density at radius 2 is 1.06 bits per heavy atom. The van der Waals surface area contributed by atoms with Crippen molar-refractivity contribution >= 4 is 46.4 Å². The average molecular weight is 759 g/mol. The van der Waals surface area contributed by atoms with Crippen LogP contribution >= 0.6 is 46.4 Å². The summed E-state index contributed by atoms with van der Waals surface area (Å²) in [7, 11) is 4.25. The molecule has 12 heteroatoms. The van der Waals surface area contributed by atoms with Crippen LogP contribution in [0.15, 0.2) is 85.2 Å². The van der Waals surface area contributed by atoms with Gasteiger partial charge in [0.25, 0.3) is 0 Å². The highest BCUT2D eigenvalue weighted by atomic mass is 35.5. The Labute approximate surface area is 317 Å². The Bertz CT molecular complexity index is 2070. The van der Waals surface area contributed by atoms with Crippen LogP contribution < -0.4 is 0 Å². The fourth-order valence-electron chi connectivity index (χ4n) is 7.57. The lowest BCUT2D eigenvalue weighted by molar-refractivity contribution is 0.295. The van der Waals surface area contributed by atoms with E-state index in [1.165, 1.54) is 22.3 Å². The second-order valence-corrected chi connectivity index (χ2v) is 15.4. The van der Waals surface area contributed by atoms with E-state index < -0.39 is 0 Å². The standard InChI is InChI=1S/C39H36Cl4N8/c1-48-18-32(30-14-28(40)16-36(42)34(30)20-48)24-6-3-8-26(12-24)38-22-50(46-44-38)10-5-11-51-23-39(45-47-51)27-9-4-7-25(13-27)33-19-49(2)21-35-31(33)15-29(41)17-37(35)43/h3-4,6-9,12-17,22-23,32-33H,5,10-11,18-21H2,1-2H3/t32-,33-/m0/s1. The first-order valence-corrected chi connectivity index (χ1v) is 18.5. The molecule has 2 aromatic heterocycles. The number of aromatic nitrogens is 6. The van der Waals surface area contributed by atoms with Crippen molar-refractivity contribution in [2.75, 3.05) is 27.2 Å². The van der Waals surface area contributed by atoms with E-state index in [9.17, 15) is 0 Å². The lowest BCUT2D eigenvalue weighted by Gasteiger charge is -2.33. The molecule has 0 spiro atoms. The number of fused-ring (bicyclic) bond motifs is 2. The van der Waals surface area contributed by atoms with Gasteiger partial charge in [-0.25, -0.2) is 0 Å². The monoisotopic (exact) mass is 756 g/mol. The van der Waals surface area contributed by atoms with Crippen molar-refractivity contribution in [3.05, 3.63) is 139 Å². The van der Waals surface area contributed by atoms with E-state index in [0.717, 1.165) is 76.3 Å². The maximum Gasteiger partial charge on any atom is 0.113 e. The summed E-state index contributed by atoms with van der Waals surface area (Å²) in [5.41, 5.74) is 10.8. The molecule has 0 aliphatic carbocycles. The SMILES string of the molecule is CN1Cc2c(Cl)cc(Cl)cc2[C@H](c2cccc(-c3cn(CCCn4cc(-c5cccc([C@@H]6CN(C)Cc7c(Cl)cc(Cl)cc76)c5)nn4)nn3)c2)C1. The zero-order chi connectivity index (χ0) is 35.2. The first-order valence-electron chi connectivity index (χ1n) is 17.0. The molecule has 2 aliphatic heterocycles. The van der Waals surface area contributed by atoms with Gasteiger partial charge in [0.05, 0.1) is 12.4 Å². The average Bonchev–Trinajstić information content (AvgIpc) is 3.79. The van der Waals surface area contributed by atoms with Crippen molar-refractivity contribution < 1.29 is 0 Å². The van der Waals surface area contributed by atoms with Crippen molar-refractivity contribution in [3.8, 4) is 22.5 Å². The van der Waals surface area contributed by atoms with Gasteiger partial charge in [-0.15, -0.1) is 10.2 Å². The molecule has 0 radical (unpaired) electrons. The molecule has 51 heavy (non-hydrogen) atoms. The van der Waals surface area contributed by atoms with Crippen LogP contribution in [0.4, 0.5) is 0 Å². The number of likely N-dealkylation sites (N-methyl/N-ethyl adjacent to an activating group) is 2. The first-order chi connectivity index (χ1) is 24.7. The summed E-state index contributed by atoms with van der Waals surface area (Å²) in [5.74, 6) is 0.313. The summed E-state index contributed by atoms with van der Waals surface area (Å²) >= 11 is 26.1. The molecule has 8 nitrogen and oxygen atoms in total. The molecule has 4 heterocycles. The highest BCUT2D eigenvalue weighted by molar-refractivity contribution is 6.35. The molecule has 0 bridgehead atoms. The smallest absolute Gasteiger partial charge is 0.113 e. The number of rotatable bonds is 8. The van der Waals surface area contributed by atoms with Crippen molar-refractivity contribution in [2.24, 2.45) is 0 Å². The summed E-state index contributed by atoms with van der Waals surface area (Å²) in [6, 6.07) is 24.8. The van der Waals surface area contributed by atoms with E-state index in [4.69, 9.17) is 46.4 Å². The second kappa shape index (κ2) is 14.3. The van der Waals surface area contributed by atoms with Crippen molar-refractivity contribution in [1.82, 2.24) is 39.8 Å². The minimum atomic E-state index is 0.156. The third-order valence-electron chi connectivity index (χ3n) is 10.0. The fraction of sp³-hybridized carbons (Fsp3) is 0.282. The molecule has 0 unspecified atom stereocenters. The number of aryl methyl sites for hydroxylation is 2. The van der Waals surface area contributed by atoms with Crippen LogP contribution in [-0.2, 0) is 26.2 Å². The van der Waals surface area contributed by atoms with E-state index in [-0.39, 0.29) is 11.8 Å². The Morgan fingerprint density at radius 1 is 0.608 bits per heavy atom. The zero-order valence-corrected chi connectivity index (χ0v) is 31.3. The predicted molar refractivity (Wildman–Crippen MR) is 205 cm³/mol. The number of benzene rings is 4. The Kier molecular flexibility index (Phi) is 9.65. The maximum atomic E-state index is 6.61. The molecule has 6 aromatic rings. The van der Waals surface area contributed by atoms with Crippen LogP contribution in [0.1, 0.15) is 51.6 Å². The number of hydrogen-bond donors (Lipinski definition) is 0. The summed E-state index contributed by atoms with van der Waals surface area (Å²) in [4.78, 5) is 4.60. The third kappa shape index (κ3) is 7.18. The molecule has 8 rings (SSSR count). The van der Waals surface area contributed by atoms with Crippen LogP contribution in [0.2, 0.25) is 20.1 Å². The van der Waals surface area contributed by atoms with Crippen LogP contribution in [0.3, 0.4) is 0 Å². The molecule has 2 aliphatic rings. The van der Waals surface area contributed by atoms with E-state index >= 15 is 0 Å². The van der Waals surface area contributed by atoms with Gasteiger partial charge in [-0.1, -0.05) is 93.2 Å². The van der Waals surface area contributed by atoms with Crippen LogP contribution in [0.25, 0.3) is 22.5 Å². The maximum absolute atomic E-state index is 6.61. The lowest BCUT2D eigenvalue weighted by Crippen LogP contribution is -2.31. The molecule has 260 valence electrons. The van der Waals surface area contributed by atoms with Gasteiger partial charge in [0, 0.05) is 82.3 Å². The van der Waals surface area contributed by atoms with E-state index in [2.05, 4.69) is 105 Å². The molecular formula is C39H36Cl4N8. The van der Waals surface area contributed by atoms with Gasteiger partial charge < -0.3 is 9.80 Å². The van der Waals surface area contributed by atoms with Crippen molar-refractivity contribution in [1.29, 1.82) is 0 Å². The quantitative estimate of drug-likeness (QED) is 0.154. The molecule has 0 N–H and O–H groups in total. The van der Waals surface area contributed by atoms with Gasteiger partial charge in [-0.3, -0.25) is 9.36 Å². The highest BCUT2D eigenvalue weighted by Gasteiger charge is 2.29. The van der Waals surface area contributed by atoms with Crippen molar-refractivity contribution in [2.45, 2.75) is 44.4 Å². The Balaban J connectivity index is 0.930. The molecular weight excluding hydrogens is 722 g/mol. The molecule has 0 saturated carbocycles. The van der Waals surface area contributed by atoms with E-state index in [0.29, 0.717) is 23.1 Å². The summed E-state index contributed by atoms with van der Waals surface area (Å²) < 4.78 is 3.79. The van der Waals surface area contributed by atoms with Gasteiger partial charge >= 0.3 is 0 Å². The van der Waals surface area contributed by atoms with E-state index in [1.54, 1.807) is 0 Å². The largest absolute Gasteiger partial charge is 0.301 e. The van der Waals surface area contributed by atoms with Gasteiger partial charge in [-0.05, 0) is 90.3 Å². The summed E-state index contributed by atoms with van der Waals surface area (Å²) in [5, 5.41) is 20.7. The van der Waals surface area contributed by atoms with Gasteiger partial charge in [0.2, 0.25) is 0 Å². The van der Waals surface area contributed by atoms with Crippen LogP contribution in [0, 0.1) is 0 Å². The normalized spacial score (nSPS) is 17.8. The zero-order valence-electron chi connectivity index (χ0n) is 28.3. The predicted octanol–water partition coefficient (Wildman–Crippen LogP) is 9.06. The summed E-state index contributed by atoms with van der Waals surface area (Å²) in [6.07, 6.45) is 4.84. The molecule has 0 saturated heterocycles. The number of nitrogens with zero attached hydrogens (tertiary/aromatic N) is 8. The second-order valence-electron chi connectivity index (χ2n) is 13.7. The first kappa shape index (κ1) is 34.3. The minimum absolute atomic E-state index is 0.156. The third-order valence-corrected chi connectivity index (χ3v) is 11.1. The summed E-state index contributed by atoms with van der Waals surface area (Å²) in [6.45, 7) is 4.78. The number of hydrogen-bond acceptors (Lipinski definition) is 6. The molecule has 4 aromatic carbocycles. The van der Waals surface area contributed by atoms with Gasteiger partial charge in [0.15, 0.2) is 0 Å². The van der Waals surface area contributed by atoms with Crippen molar-refractivity contribution in [3.63, 3.8) is 0 Å². The fourth-order valence-corrected chi connectivity index (χ4v) is 8.70. The van der Waals surface area contributed by atoms with Crippen LogP contribution in [0.5, 0.6) is 0 Å². The number of halogens is 4. The Morgan fingerprint density at radius 3 is 1.51 bits per heavy atom.